The number of aliphatic carboxylic acids is 1. The highest BCUT2D eigenvalue weighted by atomic mass is 19.1. The third kappa shape index (κ3) is 3.97. The zero-order valence-electron chi connectivity index (χ0n) is 20.2. The number of carboxylic acids is 1. The average molecular weight is 474 g/mol. The number of rotatable bonds is 4. The van der Waals surface area contributed by atoms with Crippen LogP contribution in [0.25, 0.3) is 11.1 Å². The quantitative estimate of drug-likeness (QED) is 0.541. The molecule has 0 unspecified atom stereocenters. The van der Waals surface area contributed by atoms with E-state index in [2.05, 4.69) is 6.92 Å². The van der Waals surface area contributed by atoms with Crippen LogP contribution in [0, 0.1) is 26.6 Å². The number of carbonyl (C=O) groups is 2. The molecule has 0 saturated carbocycles. The van der Waals surface area contributed by atoms with Crippen LogP contribution < -0.4 is 4.74 Å². The van der Waals surface area contributed by atoms with Gasteiger partial charge in [0.25, 0.3) is 5.91 Å². The van der Waals surface area contributed by atoms with E-state index in [9.17, 15) is 19.1 Å². The Morgan fingerprint density at radius 1 is 1.00 bits per heavy atom. The number of hydrogen-bond donors (Lipinski definition) is 1. The molecule has 5 nitrogen and oxygen atoms in total. The van der Waals surface area contributed by atoms with E-state index in [1.807, 2.05) is 26.0 Å². The van der Waals surface area contributed by atoms with Gasteiger partial charge in [-0.15, -0.1) is 0 Å². The maximum absolute atomic E-state index is 13.7. The molecule has 2 aliphatic rings. The van der Waals surface area contributed by atoms with E-state index in [-0.39, 0.29) is 12.3 Å². The first kappa shape index (κ1) is 23.1. The minimum atomic E-state index is -0.890. The van der Waals surface area contributed by atoms with Crippen molar-refractivity contribution in [2.75, 3.05) is 6.61 Å². The van der Waals surface area contributed by atoms with Crippen LogP contribution in [0.15, 0.2) is 36.4 Å². The highest BCUT2D eigenvalue weighted by Gasteiger charge is 2.31. The number of fused-ring (bicyclic) bond motifs is 2. The van der Waals surface area contributed by atoms with Gasteiger partial charge in [0.15, 0.2) is 0 Å². The molecular formula is C29H28FNO4. The summed E-state index contributed by atoms with van der Waals surface area (Å²) in [5, 5.41) is 9.76. The summed E-state index contributed by atoms with van der Waals surface area (Å²) in [4.78, 5) is 26.8. The first-order valence-corrected chi connectivity index (χ1v) is 11.9. The summed E-state index contributed by atoms with van der Waals surface area (Å²) < 4.78 is 19.6. The number of halogens is 1. The first-order chi connectivity index (χ1) is 16.8. The third-order valence-electron chi connectivity index (χ3n) is 7.44. The van der Waals surface area contributed by atoms with Gasteiger partial charge in [-0.1, -0.05) is 12.1 Å². The second-order valence-electron chi connectivity index (χ2n) is 9.47. The fourth-order valence-electron chi connectivity index (χ4n) is 5.63. The normalized spacial score (nSPS) is 14.3. The molecule has 1 amide bonds. The smallest absolute Gasteiger partial charge is 0.307 e. The molecule has 0 fully saturated rings. The van der Waals surface area contributed by atoms with Crippen molar-refractivity contribution in [3.8, 4) is 16.9 Å². The van der Waals surface area contributed by atoms with Crippen LogP contribution >= 0.6 is 0 Å². The largest absolute Gasteiger partial charge is 0.493 e. The highest BCUT2D eigenvalue weighted by Crippen LogP contribution is 2.43. The van der Waals surface area contributed by atoms with Crippen LogP contribution in [-0.2, 0) is 30.7 Å². The third-order valence-corrected chi connectivity index (χ3v) is 7.44. The number of hydrogen-bond acceptors (Lipinski definition) is 3. The molecule has 180 valence electrons. The van der Waals surface area contributed by atoms with E-state index >= 15 is 0 Å². The lowest BCUT2D eigenvalue weighted by molar-refractivity contribution is -0.136. The van der Waals surface area contributed by atoms with Gasteiger partial charge in [-0.05, 0) is 108 Å². The fraction of sp³-hybridized carbons (Fsp3) is 0.310. The summed E-state index contributed by atoms with van der Waals surface area (Å²) in [5.74, 6) is -0.668. The number of ether oxygens (including phenoxy) is 1. The van der Waals surface area contributed by atoms with Crippen molar-refractivity contribution in [1.29, 1.82) is 0 Å². The minimum Gasteiger partial charge on any atom is -0.493 e. The van der Waals surface area contributed by atoms with Crippen molar-refractivity contribution >= 4 is 11.9 Å². The number of benzene rings is 3. The zero-order chi connectivity index (χ0) is 24.9. The van der Waals surface area contributed by atoms with Crippen LogP contribution in [0.4, 0.5) is 4.39 Å². The molecule has 0 spiro atoms. The van der Waals surface area contributed by atoms with Crippen LogP contribution in [0.5, 0.6) is 5.75 Å². The van der Waals surface area contributed by atoms with E-state index in [4.69, 9.17) is 4.74 Å². The Morgan fingerprint density at radius 2 is 1.74 bits per heavy atom. The lowest BCUT2D eigenvalue weighted by Gasteiger charge is -2.25. The van der Waals surface area contributed by atoms with Crippen LogP contribution in [0.3, 0.4) is 0 Å². The number of carboxylic acid groups (broad SMARTS) is 1. The molecule has 0 saturated heterocycles. The predicted octanol–water partition coefficient (Wildman–Crippen LogP) is 5.53. The molecule has 6 heteroatoms. The summed E-state index contributed by atoms with van der Waals surface area (Å²) in [7, 11) is 0. The maximum atomic E-state index is 13.7. The molecule has 2 heterocycles. The summed E-state index contributed by atoms with van der Waals surface area (Å²) in [5.41, 5.74) is 9.28. The first-order valence-electron chi connectivity index (χ1n) is 11.9. The molecule has 2 aliphatic heterocycles. The maximum Gasteiger partial charge on any atom is 0.307 e. The Morgan fingerprint density at radius 3 is 2.46 bits per heavy atom. The van der Waals surface area contributed by atoms with E-state index in [0.717, 1.165) is 63.1 Å². The number of nitrogens with zero attached hydrogens (tertiary/aromatic N) is 1. The van der Waals surface area contributed by atoms with Crippen molar-refractivity contribution in [3.63, 3.8) is 0 Å². The molecule has 0 radical (unpaired) electrons. The summed E-state index contributed by atoms with van der Waals surface area (Å²) in [6, 6.07) is 9.75. The lowest BCUT2D eigenvalue weighted by Crippen LogP contribution is -2.25. The molecule has 3 aromatic carbocycles. The summed E-state index contributed by atoms with van der Waals surface area (Å²) in [6.07, 6.45) is 1.79. The molecule has 0 aliphatic carbocycles. The lowest BCUT2D eigenvalue weighted by atomic mass is 9.82. The summed E-state index contributed by atoms with van der Waals surface area (Å²) >= 11 is 0. The predicted molar refractivity (Wildman–Crippen MR) is 131 cm³/mol. The standard InChI is InChI=1S/C29H28FNO4/c1-16-21-8-5-11-35-26(21)10-9-22(16)28-18(3)25-15-31(29(34)19-6-4-7-20(30)12-19)14-24(25)17(2)23(28)13-27(32)33/h4,6-7,9-10,12H,5,8,11,13-15H2,1-3H3,(H,32,33). The minimum absolute atomic E-state index is 0.0971. The Bertz CT molecular complexity index is 1380. The Labute approximate surface area is 204 Å². The molecule has 3 aromatic rings. The van der Waals surface area contributed by atoms with Gasteiger partial charge in [-0.3, -0.25) is 9.59 Å². The SMILES string of the molecule is Cc1c(-c2c(C)c3c(c(C)c2CC(=O)O)CN(C(=O)c2cccc(F)c2)C3)ccc2c1CCCO2. The Hall–Kier alpha value is -3.67. The van der Waals surface area contributed by atoms with E-state index in [1.165, 1.54) is 23.8 Å². The van der Waals surface area contributed by atoms with Crippen LogP contribution in [-0.4, -0.2) is 28.5 Å². The van der Waals surface area contributed by atoms with Crippen LogP contribution in [0.1, 0.15) is 55.7 Å². The van der Waals surface area contributed by atoms with E-state index in [0.29, 0.717) is 25.3 Å². The van der Waals surface area contributed by atoms with Gasteiger partial charge < -0.3 is 14.7 Å². The molecular weight excluding hydrogens is 445 g/mol. The van der Waals surface area contributed by atoms with E-state index < -0.39 is 11.8 Å². The van der Waals surface area contributed by atoms with Gasteiger partial charge in [0.1, 0.15) is 11.6 Å². The number of carbonyl (C=O) groups excluding carboxylic acids is 1. The molecule has 0 bridgehead atoms. The Kier molecular flexibility index (Phi) is 5.83. The average Bonchev–Trinajstić information content (AvgIpc) is 3.29. The Balaban J connectivity index is 1.64. The van der Waals surface area contributed by atoms with Crippen LogP contribution in [0.2, 0.25) is 0 Å². The summed E-state index contributed by atoms with van der Waals surface area (Å²) in [6.45, 7) is 7.54. The van der Waals surface area contributed by atoms with Gasteiger partial charge in [-0.25, -0.2) is 4.39 Å². The van der Waals surface area contributed by atoms with Gasteiger partial charge in [0.2, 0.25) is 0 Å². The van der Waals surface area contributed by atoms with Crippen molar-refractivity contribution in [1.82, 2.24) is 4.90 Å². The van der Waals surface area contributed by atoms with Gasteiger partial charge in [0, 0.05) is 18.7 Å². The number of amides is 1. The molecule has 1 N–H and O–H groups in total. The van der Waals surface area contributed by atoms with Gasteiger partial charge in [-0.2, -0.15) is 0 Å². The van der Waals surface area contributed by atoms with Crippen molar-refractivity contribution in [2.45, 2.75) is 53.1 Å². The van der Waals surface area contributed by atoms with E-state index in [1.54, 1.807) is 11.0 Å². The zero-order valence-corrected chi connectivity index (χ0v) is 20.2. The molecule has 5 rings (SSSR count). The molecule has 0 aromatic heterocycles. The van der Waals surface area contributed by atoms with Crippen molar-refractivity contribution in [2.24, 2.45) is 0 Å². The van der Waals surface area contributed by atoms with Gasteiger partial charge in [0.05, 0.1) is 13.0 Å². The molecule has 35 heavy (non-hydrogen) atoms. The highest BCUT2D eigenvalue weighted by molar-refractivity contribution is 5.95. The second kappa shape index (κ2) is 8.84. The van der Waals surface area contributed by atoms with Gasteiger partial charge >= 0.3 is 5.97 Å². The monoisotopic (exact) mass is 473 g/mol. The van der Waals surface area contributed by atoms with Crippen molar-refractivity contribution < 1.29 is 23.8 Å². The fourth-order valence-corrected chi connectivity index (χ4v) is 5.63. The van der Waals surface area contributed by atoms with Crippen molar-refractivity contribution in [3.05, 3.63) is 86.7 Å². The molecule has 0 atom stereocenters. The second-order valence-corrected chi connectivity index (χ2v) is 9.47. The topological polar surface area (TPSA) is 66.8 Å².